The molecule has 2 rings (SSSR count). The SMILES string of the molecule is CC(C)CC(C)c1ccccc1.Oc1ccccc1. The first-order valence-corrected chi connectivity index (χ1v) is 6.88. The third-order valence-corrected chi connectivity index (χ3v) is 2.95. The van der Waals surface area contributed by atoms with Crippen LogP contribution in [0.15, 0.2) is 60.7 Å². The highest BCUT2D eigenvalue weighted by molar-refractivity contribution is 5.19. The van der Waals surface area contributed by atoms with E-state index in [1.54, 1.807) is 24.3 Å². The molecule has 102 valence electrons. The minimum absolute atomic E-state index is 0.322. The molecule has 1 atom stereocenters. The molecule has 1 heteroatoms. The summed E-state index contributed by atoms with van der Waals surface area (Å²) in [6.07, 6.45) is 1.28. The molecule has 1 unspecified atom stereocenters. The Morgan fingerprint density at radius 1 is 0.789 bits per heavy atom. The summed E-state index contributed by atoms with van der Waals surface area (Å²) in [7, 11) is 0. The Bertz CT molecular complexity index is 434. The van der Waals surface area contributed by atoms with Gasteiger partial charge in [0.1, 0.15) is 5.75 Å². The van der Waals surface area contributed by atoms with Crippen LogP contribution in [0.1, 0.15) is 38.7 Å². The summed E-state index contributed by atoms with van der Waals surface area (Å²) in [5.74, 6) is 1.81. The second-order valence-corrected chi connectivity index (χ2v) is 5.28. The Morgan fingerprint density at radius 3 is 1.63 bits per heavy atom. The maximum absolute atomic E-state index is 8.63. The molecule has 0 fully saturated rings. The lowest BCUT2D eigenvalue weighted by Gasteiger charge is -2.13. The fraction of sp³-hybridized carbons (Fsp3) is 0.333. The van der Waals surface area contributed by atoms with E-state index >= 15 is 0 Å². The van der Waals surface area contributed by atoms with Crippen LogP contribution in [-0.2, 0) is 0 Å². The zero-order valence-electron chi connectivity index (χ0n) is 12.1. The molecule has 0 aliphatic carbocycles. The van der Waals surface area contributed by atoms with Crippen LogP contribution < -0.4 is 0 Å². The number of phenolic OH excluding ortho intramolecular Hbond substituents is 1. The predicted molar refractivity (Wildman–Crippen MR) is 82.4 cm³/mol. The van der Waals surface area contributed by atoms with Crippen molar-refractivity contribution in [1.29, 1.82) is 0 Å². The molecule has 1 N–H and O–H groups in total. The van der Waals surface area contributed by atoms with Crippen LogP contribution in [0.2, 0.25) is 0 Å². The molecule has 0 heterocycles. The summed E-state index contributed by atoms with van der Waals surface area (Å²) >= 11 is 0. The van der Waals surface area contributed by atoms with Crippen LogP contribution in [0, 0.1) is 5.92 Å². The topological polar surface area (TPSA) is 20.2 Å². The molecule has 0 spiro atoms. The fourth-order valence-corrected chi connectivity index (χ4v) is 2.05. The van der Waals surface area contributed by atoms with E-state index in [4.69, 9.17) is 5.11 Å². The molecule has 0 radical (unpaired) electrons. The first kappa shape index (κ1) is 15.3. The van der Waals surface area contributed by atoms with Gasteiger partial charge >= 0.3 is 0 Å². The number of aromatic hydroxyl groups is 1. The number of benzene rings is 2. The molecule has 2 aromatic rings. The van der Waals surface area contributed by atoms with E-state index in [1.165, 1.54) is 12.0 Å². The van der Waals surface area contributed by atoms with E-state index in [0.717, 1.165) is 5.92 Å². The lowest BCUT2D eigenvalue weighted by atomic mass is 9.92. The minimum atomic E-state index is 0.322. The molecule has 0 aromatic heterocycles. The smallest absolute Gasteiger partial charge is 0.115 e. The van der Waals surface area contributed by atoms with Gasteiger partial charge in [0, 0.05) is 0 Å². The highest BCUT2D eigenvalue weighted by Crippen LogP contribution is 2.22. The van der Waals surface area contributed by atoms with Crippen molar-refractivity contribution in [2.75, 3.05) is 0 Å². The van der Waals surface area contributed by atoms with Crippen LogP contribution in [0.4, 0.5) is 0 Å². The molecular weight excluding hydrogens is 232 g/mol. The predicted octanol–water partition coefficient (Wildman–Crippen LogP) is 5.23. The normalized spacial score (nSPS) is 11.6. The highest BCUT2D eigenvalue weighted by Gasteiger charge is 2.06. The van der Waals surface area contributed by atoms with Gasteiger partial charge in [-0.1, -0.05) is 69.3 Å². The van der Waals surface area contributed by atoms with E-state index in [-0.39, 0.29) is 0 Å². The van der Waals surface area contributed by atoms with Crippen LogP contribution in [0.3, 0.4) is 0 Å². The first-order valence-electron chi connectivity index (χ1n) is 6.88. The van der Waals surface area contributed by atoms with Gasteiger partial charge in [0.25, 0.3) is 0 Å². The third-order valence-electron chi connectivity index (χ3n) is 2.95. The van der Waals surface area contributed by atoms with Crippen molar-refractivity contribution >= 4 is 0 Å². The van der Waals surface area contributed by atoms with Crippen LogP contribution >= 0.6 is 0 Å². The van der Waals surface area contributed by atoms with Crippen molar-refractivity contribution in [3.63, 3.8) is 0 Å². The average molecular weight is 256 g/mol. The van der Waals surface area contributed by atoms with Crippen molar-refractivity contribution in [2.45, 2.75) is 33.1 Å². The summed E-state index contributed by atoms with van der Waals surface area (Å²) in [5, 5.41) is 8.63. The fourth-order valence-electron chi connectivity index (χ4n) is 2.05. The molecule has 19 heavy (non-hydrogen) atoms. The minimum Gasteiger partial charge on any atom is -0.508 e. The van der Waals surface area contributed by atoms with E-state index in [1.807, 2.05) is 6.07 Å². The molecular formula is C18H24O. The summed E-state index contributed by atoms with van der Waals surface area (Å²) in [6, 6.07) is 19.5. The Kier molecular flexibility index (Phi) is 6.73. The van der Waals surface area contributed by atoms with E-state index in [9.17, 15) is 0 Å². The van der Waals surface area contributed by atoms with Crippen molar-refractivity contribution in [3.05, 3.63) is 66.2 Å². The van der Waals surface area contributed by atoms with Crippen LogP contribution in [-0.4, -0.2) is 5.11 Å². The second-order valence-electron chi connectivity index (χ2n) is 5.28. The van der Waals surface area contributed by atoms with Gasteiger partial charge in [-0.2, -0.15) is 0 Å². The maximum Gasteiger partial charge on any atom is 0.115 e. The number of hydrogen-bond donors (Lipinski definition) is 1. The van der Waals surface area contributed by atoms with Gasteiger partial charge < -0.3 is 5.11 Å². The summed E-state index contributed by atoms with van der Waals surface area (Å²) < 4.78 is 0. The van der Waals surface area contributed by atoms with Gasteiger partial charge in [-0.3, -0.25) is 0 Å². The van der Waals surface area contributed by atoms with Crippen molar-refractivity contribution in [3.8, 4) is 5.75 Å². The van der Waals surface area contributed by atoms with Gasteiger partial charge in [0.15, 0.2) is 0 Å². The molecule has 0 saturated carbocycles. The molecule has 1 nitrogen and oxygen atoms in total. The quantitative estimate of drug-likeness (QED) is 0.797. The van der Waals surface area contributed by atoms with Crippen molar-refractivity contribution in [2.24, 2.45) is 5.92 Å². The summed E-state index contributed by atoms with van der Waals surface area (Å²) in [6.45, 7) is 6.86. The largest absolute Gasteiger partial charge is 0.508 e. The monoisotopic (exact) mass is 256 g/mol. The second kappa shape index (κ2) is 8.36. The van der Waals surface area contributed by atoms with Gasteiger partial charge in [-0.25, -0.2) is 0 Å². The number of para-hydroxylation sites is 1. The van der Waals surface area contributed by atoms with Gasteiger partial charge in [-0.05, 0) is 36.0 Å². The summed E-state index contributed by atoms with van der Waals surface area (Å²) in [5.41, 5.74) is 1.46. The van der Waals surface area contributed by atoms with E-state index in [0.29, 0.717) is 11.7 Å². The van der Waals surface area contributed by atoms with Crippen molar-refractivity contribution < 1.29 is 5.11 Å². The van der Waals surface area contributed by atoms with Gasteiger partial charge in [0.05, 0.1) is 0 Å². The number of phenols is 1. The Labute approximate surface area is 116 Å². The maximum atomic E-state index is 8.63. The molecule has 0 amide bonds. The summed E-state index contributed by atoms with van der Waals surface area (Å²) in [4.78, 5) is 0. The molecule has 2 aromatic carbocycles. The van der Waals surface area contributed by atoms with E-state index < -0.39 is 0 Å². The molecule has 0 bridgehead atoms. The molecule has 0 saturated heterocycles. The Morgan fingerprint density at radius 2 is 1.26 bits per heavy atom. The average Bonchev–Trinajstić information content (AvgIpc) is 2.40. The third kappa shape index (κ3) is 6.66. The number of hydrogen-bond acceptors (Lipinski definition) is 1. The Hall–Kier alpha value is -1.76. The molecule has 0 aliphatic heterocycles. The zero-order valence-corrected chi connectivity index (χ0v) is 12.1. The van der Waals surface area contributed by atoms with Crippen LogP contribution in [0.5, 0.6) is 5.75 Å². The van der Waals surface area contributed by atoms with Crippen molar-refractivity contribution in [1.82, 2.24) is 0 Å². The van der Waals surface area contributed by atoms with Gasteiger partial charge in [-0.15, -0.1) is 0 Å². The first-order chi connectivity index (χ1) is 9.09. The standard InChI is InChI=1S/C12H18.C6H6O/c1-10(2)9-11(3)12-7-5-4-6-8-12;7-6-4-2-1-3-5-6/h4-8,10-11H,9H2,1-3H3;1-5,7H. The lowest BCUT2D eigenvalue weighted by Crippen LogP contribution is -1.97. The van der Waals surface area contributed by atoms with Gasteiger partial charge in [0.2, 0.25) is 0 Å². The lowest BCUT2D eigenvalue weighted by molar-refractivity contribution is 0.475. The highest BCUT2D eigenvalue weighted by atomic mass is 16.3. The van der Waals surface area contributed by atoms with Crippen LogP contribution in [0.25, 0.3) is 0 Å². The van der Waals surface area contributed by atoms with E-state index in [2.05, 4.69) is 51.1 Å². The Balaban J connectivity index is 0.000000218. The number of rotatable bonds is 3. The molecule has 0 aliphatic rings. The zero-order chi connectivity index (χ0) is 14.1.